The summed E-state index contributed by atoms with van der Waals surface area (Å²) in [5.41, 5.74) is 0.429. The van der Waals surface area contributed by atoms with Crippen molar-refractivity contribution >= 4 is 5.78 Å². The summed E-state index contributed by atoms with van der Waals surface area (Å²) in [5.74, 6) is 0.619. The number of likely N-dealkylation sites (N-methyl/N-ethyl adjacent to an activating group) is 1. The minimum Gasteiger partial charge on any atom is -0.448 e. The van der Waals surface area contributed by atoms with Crippen LogP contribution in [0.3, 0.4) is 0 Å². The van der Waals surface area contributed by atoms with Crippen LogP contribution in [0, 0.1) is 0 Å². The number of aromatic nitrogens is 1. The molecule has 0 N–H and O–H groups in total. The topological polar surface area (TPSA) is 49.6 Å². The molecular weight excluding hydrogens is 218 g/mol. The third kappa shape index (κ3) is 3.38. The van der Waals surface area contributed by atoms with Gasteiger partial charge in [0.25, 0.3) is 0 Å². The molecule has 0 aliphatic carbocycles. The van der Waals surface area contributed by atoms with Crippen molar-refractivity contribution in [2.45, 2.75) is 13.3 Å². The number of oxazole rings is 1. The SMILES string of the molecule is CC(=O)c1coc(CCN2CCN(C)CC2)n1. The molecule has 5 nitrogen and oxygen atoms in total. The molecule has 0 bridgehead atoms. The van der Waals surface area contributed by atoms with Crippen molar-refractivity contribution in [3.05, 3.63) is 17.8 Å². The fourth-order valence-corrected chi connectivity index (χ4v) is 1.91. The molecule has 1 aromatic rings. The van der Waals surface area contributed by atoms with Crippen LogP contribution in [-0.2, 0) is 6.42 Å². The summed E-state index contributed by atoms with van der Waals surface area (Å²) in [6, 6.07) is 0. The monoisotopic (exact) mass is 237 g/mol. The molecule has 2 rings (SSSR count). The molecule has 5 heteroatoms. The number of hydrogen-bond donors (Lipinski definition) is 0. The third-order valence-corrected chi connectivity index (χ3v) is 3.15. The number of hydrogen-bond acceptors (Lipinski definition) is 5. The van der Waals surface area contributed by atoms with Gasteiger partial charge >= 0.3 is 0 Å². The highest BCUT2D eigenvalue weighted by molar-refractivity contribution is 5.91. The van der Waals surface area contributed by atoms with Crippen molar-refractivity contribution in [1.82, 2.24) is 14.8 Å². The second-order valence-electron chi connectivity index (χ2n) is 4.58. The summed E-state index contributed by atoms with van der Waals surface area (Å²) in [6.45, 7) is 6.87. The Morgan fingerprint density at radius 2 is 2.12 bits per heavy atom. The smallest absolute Gasteiger partial charge is 0.195 e. The number of rotatable bonds is 4. The number of carbonyl (C=O) groups is 1. The predicted molar refractivity (Wildman–Crippen MR) is 64.1 cm³/mol. The molecule has 0 spiro atoms. The summed E-state index contributed by atoms with van der Waals surface area (Å²) < 4.78 is 5.27. The van der Waals surface area contributed by atoms with Crippen molar-refractivity contribution in [3.8, 4) is 0 Å². The van der Waals surface area contributed by atoms with Crippen molar-refractivity contribution in [3.63, 3.8) is 0 Å². The van der Waals surface area contributed by atoms with Gasteiger partial charge in [0, 0.05) is 46.1 Å². The van der Waals surface area contributed by atoms with Crippen LogP contribution in [0.25, 0.3) is 0 Å². The average Bonchev–Trinajstić information content (AvgIpc) is 2.77. The van der Waals surface area contributed by atoms with Gasteiger partial charge in [0.05, 0.1) is 0 Å². The zero-order valence-corrected chi connectivity index (χ0v) is 10.5. The van der Waals surface area contributed by atoms with Crippen molar-refractivity contribution in [1.29, 1.82) is 0 Å². The Morgan fingerprint density at radius 1 is 1.41 bits per heavy atom. The van der Waals surface area contributed by atoms with Crippen LogP contribution in [0.4, 0.5) is 0 Å². The zero-order valence-electron chi connectivity index (χ0n) is 10.5. The summed E-state index contributed by atoms with van der Waals surface area (Å²) in [7, 11) is 2.14. The van der Waals surface area contributed by atoms with Gasteiger partial charge in [0.15, 0.2) is 11.7 Å². The van der Waals surface area contributed by atoms with Gasteiger partial charge in [-0.3, -0.25) is 4.79 Å². The summed E-state index contributed by atoms with van der Waals surface area (Å²) in [6.07, 6.45) is 2.22. The molecule has 0 aromatic carbocycles. The van der Waals surface area contributed by atoms with Crippen molar-refractivity contribution in [2.24, 2.45) is 0 Å². The second kappa shape index (κ2) is 5.42. The lowest BCUT2D eigenvalue weighted by molar-refractivity contribution is 0.101. The fourth-order valence-electron chi connectivity index (χ4n) is 1.91. The van der Waals surface area contributed by atoms with Crippen LogP contribution in [0.2, 0.25) is 0 Å². The van der Waals surface area contributed by atoms with Gasteiger partial charge in [-0.05, 0) is 7.05 Å². The van der Waals surface area contributed by atoms with Gasteiger partial charge in [-0.25, -0.2) is 4.98 Å². The molecule has 0 amide bonds. The Labute approximate surface area is 101 Å². The maximum Gasteiger partial charge on any atom is 0.195 e. The first-order valence-electron chi connectivity index (χ1n) is 6.01. The number of Topliss-reactive ketones (excluding diaryl/α,β-unsaturated/α-hetero) is 1. The highest BCUT2D eigenvalue weighted by atomic mass is 16.3. The quantitative estimate of drug-likeness (QED) is 0.720. The molecule has 1 fully saturated rings. The Bertz CT molecular complexity index is 381. The molecule has 2 heterocycles. The van der Waals surface area contributed by atoms with Crippen LogP contribution in [0.1, 0.15) is 23.3 Å². The maximum atomic E-state index is 11.1. The molecular formula is C12H19N3O2. The molecule has 94 valence electrons. The summed E-state index contributed by atoms with van der Waals surface area (Å²) in [5, 5.41) is 0. The van der Waals surface area contributed by atoms with E-state index < -0.39 is 0 Å². The Kier molecular flexibility index (Phi) is 3.91. The lowest BCUT2D eigenvalue weighted by atomic mass is 10.3. The Morgan fingerprint density at radius 3 is 2.71 bits per heavy atom. The fraction of sp³-hybridized carbons (Fsp3) is 0.667. The van der Waals surface area contributed by atoms with E-state index in [-0.39, 0.29) is 5.78 Å². The van der Waals surface area contributed by atoms with E-state index in [0.29, 0.717) is 11.6 Å². The van der Waals surface area contributed by atoms with Gasteiger partial charge in [-0.1, -0.05) is 0 Å². The van der Waals surface area contributed by atoms with Gasteiger partial charge < -0.3 is 14.2 Å². The number of carbonyl (C=O) groups excluding carboxylic acids is 1. The van der Waals surface area contributed by atoms with Crippen LogP contribution < -0.4 is 0 Å². The minimum absolute atomic E-state index is 0.0420. The van der Waals surface area contributed by atoms with E-state index in [2.05, 4.69) is 21.8 Å². The van der Waals surface area contributed by atoms with E-state index in [1.165, 1.54) is 13.2 Å². The average molecular weight is 237 g/mol. The first-order chi connectivity index (χ1) is 8.15. The highest BCUT2D eigenvalue weighted by Gasteiger charge is 2.14. The second-order valence-corrected chi connectivity index (χ2v) is 4.58. The zero-order chi connectivity index (χ0) is 12.3. The van der Waals surface area contributed by atoms with Crippen molar-refractivity contribution in [2.75, 3.05) is 39.8 Å². The normalized spacial score (nSPS) is 18.5. The van der Waals surface area contributed by atoms with Crippen LogP contribution >= 0.6 is 0 Å². The first-order valence-corrected chi connectivity index (χ1v) is 6.01. The van der Waals surface area contributed by atoms with E-state index in [1.54, 1.807) is 0 Å². The number of nitrogens with zero attached hydrogens (tertiary/aromatic N) is 3. The molecule has 1 saturated heterocycles. The number of ketones is 1. The van der Waals surface area contributed by atoms with Gasteiger partial charge in [0.2, 0.25) is 0 Å². The largest absolute Gasteiger partial charge is 0.448 e. The highest BCUT2D eigenvalue weighted by Crippen LogP contribution is 2.06. The van der Waals surface area contributed by atoms with Crippen LogP contribution in [-0.4, -0.2) is 60.3 Å². The molecule has 1 aliphatic rings. The molecule has 1 aliphatic heterocycles. The standard InChI is InChI=1S/C12H19N3O2/c1-10(16)11-9-17-12(13-11)3-4-15-7-5-14(2)6-8-15/h9H,3-8H2,1-2H3. The molecule has 0 unspecified atom stereocenters. The molecule has 1 aromatic heterocycles. The summed E-state index contributed by atoms with van der Waals surface area (Å²) >= 11 is 0. The lowest BCUT2D eigenvalue weighted by Crippen LogP contribution is -2.45. The van der Waals surface area contributed by atoms with Gasteiger partial charge in [0.1, 0.15) is 12.0 Å². The van der Waals surface area contributed by atoms with Crippen molar-refractivity contribution < 1.29 is 9.21 Å². The Hall–Kier alpha value is -1.20. The molecule has 0 saturated carbocycles. The minimum atomic E-state index is -0.0420. The van der Waals surface area contributed by atoms with E-state index in [0.717, 1.165) is 39.1 Å². The van der Waals surface area contributed by atoms with Crippen LogP contribution in [0.15, 0.2) is 10.7 Å². The lowest BCUT2D eigenvalue weighted by Gasteiger charge is -2.31. The molecule has 17 heavy (non-hydrogen) atoms. The molecule has 0 radical (unpaired) electrons. The predicted octanol–water partition coefficient (Wildman–Crippen LogP) is 0.667. The third-order valence-electron chi connectivity index (χ3n) is 3.15. The van der Waals surface area contributed by atoms with E-state index in [1.807, 2.05) is 0 Å². The maximum absolute atomic E-state index is 11.1. The van der Waals surface area contributed by atoms with Crippen LogP contribution in [0.5, 0.6) is 0 Å². The van der Waals surface area contributed by atoms with Gasteiger partial charge in [-0.15, -0.1) is 0 Å². The van der Waals surface area contributed by atoms with E-state index >= 15 is 0 Å². The number of piperazine rings is 1. The van der Waals surface area contributed by atoms with E-state index in [9.17, 15) is 4.79 Å². The van der Waals surface area contributed by atoms with Gasteiger partial charge in [-0.2, -0.15) is 0 Å². The first kappa shape index (κ1) is 12.3. The Balaban J connectivity index is 1.79. The molecule has 0 atom stereocenters. The van der Waals surface area contributed by atoms with E-state index in [4.69, 9.17) is 4.42 Å². The summed E-state index contributed by atoms with van der Waals surface area (Å²) in [4.78, 5) is 19.9.